The van der Waals surface area contributed by atoms with Gasteiger partial charge < -0.3 is 34.5 Å². The Morgan fingerprint density at radius 1 is 1.05 bits per heavy atom. The lowest BCUT2D eigenvalue weighted by Gasteiger charge is -2.35. The number of benzene rings is 1. The van der Waals surface area contributed by atoms with Crippen LogP contribution in [0.4, 0.5) is 15.4 Å². The van der Waals surface area contributed by atoms with Crippen molar-refractivity contribution in [3.05, 3.63) is 36.4 Å². The number of hydrogen-bond donors (Lipinski definition) is 3. The topological polar surface area (TPSA) is 212 Å². The van der Waals surface area contributed by atoms with E-state index in [9.17, 15) is 27.6 Å². The molecule has 0 spiro atoms. The third kappa shape index (κ3) is 8.82. The highest BCUT2D eigenvalue weighted by Gasteiger charge is 2.62. The predicted molar refractivity (Wildman–Crippen MR) is 222 cm³/mol. The van der Waals surface area contributed by atoms with E-state index in [4.69, 9.17) is 23.9 Å². The summed E-state index contributed by atoms with van der Waals surface area (Å²) in [6.07, 6.45) is 6.59. The summed E-state index contributed by atoms with van der Waals surface area (Å²) in [5, 5.41) is 5.71. The first-order valence-corrected chi connectivity index (χ1v) is 23.0. The van der Waals surface area contributed by atoms with Crippen molar-refractivity contribution in [2.75, 3.05) is 38.3 Å². The molecule has 6 aliphatic rings. The number of carbonyl (C=O) groups excluding carboxylic acids is 5. The molecule has 5 fully saturated rings. The second-order valence-electron chi connectivity index (χ2n) is 18.2. The molecular weight excluding hydrogens is 809 g/mol. The van der Waals surface area contributed by atoms with Gasteiger partial charge in [0.2, 0.25) is 21.8 Å². The number of ether oxygens (including phenoxy) is 4. The summed E-state index contributed by atoms with van der Waals surface area (Å²) in [6.45, 7) is 8.33. The summed E-state index contributed by atoms with van der Waals surface area (Å²) in [5.41, 5.74) is -0.623. The summed E-state index contributed by atoms with van der Waals surface area (Å²) in [7, 11) is -2.36. The van der Waals surface area contributed by atoms with Gasteiger partial charge in [-0.15, -0.1) is 6.58 Å². The van der Waals surface area contributed by atoms with Crippen LogP contribution in [0.1, 0.15) is 90.0 Å². The van der Waals surface area contributed by atoms with Gasteiger partial charge in [-0.1, -0.05) is 39.2 Å². The molecule has 3 aliphatic heterocycles. The number of carbonyl (C=O) groups is 5. The summed E-state index contributed by atoms with van der Waals surface area (Å²) >= 11 is 0. The van der Waals surface area contributed by atoms with Crippen molar-refractivity contribution >= 4 is 56.7 Å². The first kappa shape index (κ1) is 42.6. The Morgan fingerprint density at radius 2 is 1.82 bits per heavy atom. The SMILES string of the molecule is C=C[C@H]1C[C@@]1(NC(=O)[C@@H]1C[C@@H]2CN1C(=O)[C@H](C1CCCCC1)NC(=O)OCC(C)(C)CCCc1cc3c(cc(N4CCOC4=O)nc3cc1OC)O2)C(=O)NS(=O)(=O)C1CC1. The van der Waals surface area contributed by atoms with Crippen molar-refractivity contribution in [2.24, 2.45) is 17.3 Å². The van der Waals surface area contributed by atoms with Crippen LogP contribution in [0.2, 0.25) is 0 Å². The fourth-order valence-corrected chi connectivity index (χ4v) is 10.7. The third-order valence-electron chi connectivity index (χ3n) is 13.1. The number of rotatable bonds is 9. The molecule has 1 aromatic heterocycles. The number of aryl methyl sites for hydroxylation is 1. The first-order chi connectivity index (χ1) is 29.1. The average Bonchev–Trinajstić information content (AvgIpc) is 4.13. The van der Waals surface area contributed by atoms with Gasteiger partial charge in [0.05, 0.1) is 37.6 Å². The number of aromatic nitrogens is 1. The van der Waals surface area contributed by atoms with Crippen LogP contribution >= 0.6 is 0 Å². The van der Waals surface area contributed by atoms with Crippen LogP contribution < -0.4 is 29.7 Å². The van der Waals surface area contributed by atoms with E-state index < -0.39 is 80.2 Å². The van der Waals surface area contributed by atoms with Gasteiger partial charge in [0.25, 0.3) is 5.91 Å². The molecule has 330 valence electrons. The van der Waals surface area contributed by atoms with Crippen molar-refractivity contribution < 1.29 is 51.3 Å². The maximum atomic E-state index is 15.0. The molecule has 0 radical (unpaired) electrons. The van der Waals surface area contributed by atoms with Gasteiger partial charge in [0.1, 0.15) is 47.7 Å². The number of nitrogens with one attached hydrogen (secondary N) is 3. The number of anilines is 1. The van der Waals surface area contributed by atoms with Gasteiger partial charge in [-0.3, -0.25) is 24.0 Å². The molecule has 0 unspecified atom stereocenters. The average molecular weight is 865 g/mol. The van der Waals surface area contributed by atoms with Crippen LogP contribution in [0.3, 0.4) is 0 Å². The predicted octanol–water partition coefficient (Wildman–Crippen LogP) is 4.26. The monoisotopic (exact) mass is 864 g/mol. The molecule has 61 heavy (non-hydrogen) atoms. The number of nitrogens with zero attached hydrogens (tertiary/aromatic N) is 3. The Kier molecular flexibility index (Phi) is 11.6. The van der Waals surface area contributed by atoms with Gasteiger partial charge in [0.15, 0.2) is 0 Å². The van der Waals surface area contributed by atoms with E-state index in [1.54, 1.807) is 19.2 Å². The Balaban J connectivity index is 1.18. The molecule has 2 saturated heterocycles. The quantitative estimate of drug-likeness (QED) is 0.302. The highest BCUT2D eigenvalue weighted by atomic mass is 32.2. The fourth-order valence-electron chi connectivity index (χ4n) is 9.34. The molecule has 1 aromatic carbocycles. The number of cyclic esters (lactones) is 2. The zero-order chi connectivity index (χ0) is 43.3. The van der Waals surface area contributed by atoms with Gasteiger partial charge >= 0.3 is 12.2 Å². The lowest BCUT2D eigenvalue weighted by Crippen LogP contribution is -2.59. The number of alkyl carbamates (subject to hydrolysis) is 1. The maximum absolute atomic E-state index is 15.0. The summed E-state index contributed by atoms with van der Waals surface area (Å²) < 4.78 is 51.6. The molecule has 3 saturated carbocycles. The number of fused-ring (bicyclic) bond motifs is 3. The van der Waals surface area contributed by atoms with Crippen molar-refractivity contribution in [1.29, 1.82) is 0 Å². The molecule has 3 aliphatic carbocycles. The van der Waals surface area contributed by atoms with E-state index in [0.717, 1.165) is 31.2 Å². The second kappa shape index (κ2) is 16.6. The van der Waals surface area contributed by atoms with Crippen molar-refractivity contribution in [3.8, 4) is 11.5 Å². The number of hydrogen-bond acceptors (Lipinski definition) is 12. The molecule has 4 bridgehead atoms. The van der Waals surface area contributed by atoms with Crippen LogP contribution in [0.5, 0.6) is 11.5 Å². The molecule has 4 heterocycles. The van der Waals surface area contributed by atoms with Gasteiger partial charge in [0, 0.05) is 29.9 Å². The summed E-state index contributed by atoms with van der Waals surface area (Å²) in [6, 6.07) is 3.21. The fraction of sp³-hybridized carbons (Fsp3) is 0.628. The lowest BCUT2D eigenvalue weighted by molar-refractivity contribution is -0.142. The van der Waals surface area contributed by atoms with E-state index in [1.807, 2.05) is 19.9 Å². The van der Waals surface area contributed by atoms with Crippen LogP contribution in [0.15, 0.2) is 30.9 Å². The first-order valence-electron chi connectivity index (χ1n) is 21.5. The number of methoxy groups -OCH3 is 1. The van der Waals surface area contributed by atoms with E-state index >= 15 is 4.79 Å². The largest absolute Gasteiger partial charge is 0.496 e. The van der Waals surface area contributed by atoms with Crippen molar-refractivity contribution in [2.45, 2.75) is 120 Å². The zero-order valence-corrected chi connectivity index (χ0v) is 35.9. The highest BCUT2D eigenvalue weighted by Crippen LogP contribution is 2.46. The third-order valence-corrected chi connectivity index (χ3v) is 15.0. The van der Waals surface area contributed by atoms with E-state index in [2.05, 4.69) is 21.9 Å². The molecule has 3 N–H and O–H groups in total. The Bertz CT molecular complexity index is 2220. The molecule has 17 nitrogen and oxygen atoms in total. The zero-order valence-electron chi connectivity index (χ0n) is 35.0. The molecular formula is C43H56N6O11S. The van der Waals surface area contributed by atoms with Crippen LogP contribution in [-0.2, 0) is 40.3 Å². The minimum absolute atomic E-state index is 0.0155. The highest BCUT2D eigenvalue weighted by molar-refractivity contribution is 7.91. The summed E-state index contributed by atoms with van der Waals surface area (Å²) in [5.74, 6) is -1.54. The van der Waals surface area contributed by atoms with Gasteiger partial charge in [-0.05, 0) is 74.3 Å². The Hall–Kier alpha value is -5.13. The number of pyridine rings is 1. The number of sulfonamides is 1. The minimum Gasteiger partial charge on any atom is -0.496 e. The van der Waals surface area contributed by atoms with E-state index in [-0.39, 0.29) is 45.1 Å². The normalized spacial score (nSPS) is 28.5. The Morgan fingerprint density at radius 3 is 2.49 bits per heavy atom. The van der Waals surface area contributed by atoms with Crippen LogP contribution in [0, 0.1) is 17.3 Å². The van der Waals surface area contributed by atoms with Gasteiger partial charge in [-0.2, -0.15) is 0 Å². The molecule has 5 atom stereocenters. The van der Waals surface area contributed by atoms with E-state index in [1.165, 1.54) is 15.9 Å². The Labute approximate surface area is 355 Å². The molecule has 5 amide bonds. The smallest absolute Gasteiger partial charge is 0.415 e. The lowest BCUT2D eigenvalue weighted by atomic mass is 9.83. The molecule has 18 heteroatoms. The van der Waals surface area contributed by atoms with Crippen molar-refractivity contribution in [3.63, 3.8) is 0 Å². The molecule has 2 aromatic rings. The van der Waals surface area contributed by atoms with Crippen LogP contribution in [0.25, 0.3) is 10.9 Å². The van der Waals surface area contributed by atoms with E-state index in [0.29, 0.717) is 66.7 Å². The van der Waals surface area contributed by atoms with Crippen LogP contribution in [-0.4, -0.2) is 111 Å². The maximum Gasteiger partial charge on any atom is 0.415 e. The minimum atomic E-state index is -3.94. The second-order valence-corrected chi connectivity index (χ2v) is 20.2. The number of amides is 5. The molecule has 8 rings (SSSR count). The summed E-state index contributed by atoms with van der Waals surface area (Å²) in [4.78, 5) is 77.4. The van der Waals surface area contributed by atoms with Gasteiger partial charge in [-0.25, -0.2) is 23.0 Å². The van der Waals surface area contributed by atoms with Crippen molar-refractivity contribution in [1.82, 2.24) is 25.2 Å². The standard InChI is InChI=1S/C43H56N6O11S/c1-5-27-22-43(27,39(52)47-61(55,56)29-13-14-29)46-37(50)32-19-28-23-49(32)38(51)36(25-10-7-6-8-11-25)45-40(53)59-24-42(2,3)15-9-12-26-18-30-31(20-33(26)57-4)44-35(21-34(30)60-28)48-16-17-58-41(48)54/h5,18,20-21,25,27-29,32,36H,1,6-17,19,22-24H2,2-4H3,(H,45,53)(H,46,50)(H,47,52)/t27-,28+,32-,36-,43-/m0/s1.